The van der Waals surface area contributed by atoms with Crippen LogP contribution in [0.1, 0.15) is 19.4 Å². The fourth-order valence-corrected chi connectivity index (χ4v) is 4.88. The lowest BCUT2D eigenvalue weighted by molar-refractivity contribution is 0.186. The summed E-state index contributed by atoms with van der Waals surface area (Å²) in [6.45, 7) is 5.32. The van der Waals surface area contributed by atoms with Gasteiger partial charge in [0.1, 0.15) is 11.1 Å². The first-order chi connectivity index (χ1) is 14.1. The van der Waals surface area contributed by atoms with Gasteiger partial charge in [-0.05, 0) is 42.7 Å². The van der Waals surface area contributed by atoms with Crippen LogP contribution in [0.4, 0.5) is 16.4 Å². The standard InChI is InChI=1S/C20H24N4O5S/c1-11(2)18(21-15-7-5-6-12(3)17(15)25)30(27,28)13-8-9-14-16(10-13)23-19(22-14)24-20(26)29-4/h5-11,18,21,25H,1-4H3,(H2,22,23,24,26)/t18-/m0/s1. The van der Waals surface area contributed by atoms with Crippen molar-refractivity contribution in [1.29, 1.82) is 0 Å². The minimum atomic E-state index is -3.82. The normalized spacial score (nSPS) is 12.7. The first kappa shape index (κ1) is 21.4. The van der Waals surface area contributed by atoms with Crippen LogP contribution in [0.5, 0.6) is 5.75 Å². The van der Waals surface area contributed by atoms with E-state index in [1.54, 1.807) is 45.0 Å². The minimum absolute atomic E-state index is 0.0147. The van der Waals surface area contributed by atoms with Crippen molar-refractivity contribution < 1.29 is 23.1 Å². The van der Waals surface area contributed by atoms with Gasteiger partial charge in [-0.25, -0.2) is 18.2 Å². The highest BCUT2D eigenvalue weighted by molar-refractivity contribution is 7.92. The van der Waals surface area contributed by atoms with Crippen LogP contribution in [-0.4, -0.2) is 42.1 Å². The number of imidazole rings is 1. The molecule has 160 valence electrons. The molecular formula is C20H24N4O5S. The number of benzene rings is 2. The molecule has 10 heteroatoms. The summed E-state index contributed by atoms with van der Waals surface area (Å²) in [7, 11) is -2.59. The van der Waals surface area contributed by atoms with E-state index in [1.165, 1.54) is 19.2 Å². The molecule has 0 aliphatic rings. The highest BCUT2D eigenvalue weighted by Crippen LogP contribution is 2.31. The van der Waals surface area contributed by atoms with Gasteiger partial charge in [0.15, 0.2) is 9.84 Å². The number of para-hydroxylation sites is 1. The second-order valence-electron chi connectivity index (χ2n) is 7.21. The Bertz CT molecular complexity index is 1190. The second-order valence-corrected chi connectivity index (χ2v) is 9.28. The number of anilines is 2. The maximum Gasteiger partial charge on any atom is 0.413 e. The van der Waals surface area contributed by atoms with E-state index in [-0.39, 0.29) is 22.5 Å². The number of phenols is 1. The van der Waals surface area contributed by atoms with E-state index >= 15 is 0 Å². The number of nitrogens with zero attached hydrogens (tertiary/aromatic N) is 1. The van der Waals surface area contributed by atoms with E-state index in [2.05, 4.69) is 25.3 Å². The molecule has 0 spiro atoms. The van der Waals surface area contributed by atoms with Crippen LogP contribution >= 0.6 is 0 Å². The Balaban J connectivity index is 1.97. The third-order valence-corrected chi connectivity index (χ3v) is 6.90. The van der Waals surface area contributed by atoms with Crippen LogP contribution in [0.3, 0.4) is 0 Å². The van der Waals surface area contributed by atoms with Gasteiger partial charge in [-0.2, -0.15) is 0 Å². The van der Waals surface area contributed by atoms with Crippen LogP contribution in [-0.2, 0) is 14.6 Å². The zero-order chi connectivity index (χ0) is 22.1. The third-order valence-electron chi connectivity index (χ3n) is 4.66. The Hall–Kier alpha value is -3.27. The number of nitrogens with one attached hydrogen (secondary N) is 3. The topological polar surface area (TPSA) is 133 Å². The molecule has 0 unspecified atom stereocenters. The summed E-state index contributed by atoms with van der Waals surface area (Å²) in [6, 6.07) is 9.61. The molecule has 0 radical (unpaired) electrons. The van der Waals surface area contributed by atoms with E-state index in [1.807, 2.05) is 0 Å². The van der Waals surface area contributed by atoms with E-state index in [0.717, 1.165) is 0 Å². The molecule has 0 saturated carbocycles. The number of hydrogen-bond acceptors (Lipinski definition) is 7. The van der Waals surface area contributed by atoms with Crippen molar-refractivity contribution in [3.63, 3.8) is 0 Å². The molecular weight excluding hydrogens is 408 g/mol. The predicted molar refractivity (Wildman–Crippen MR) is 114 cm³/mol. The van der Waals surface area contributed by atoms with E-state index in [0.29, 0.717) is 22.3 Å². The number of ether oxygens (including phenoxy) is 1. The number of fused-ring (bicyclic) bond motifs is 1. The number of phenolic OH excluding ortho intramolecular Hbond substituents is 1. The van der Waals surface area contributed by atoms with Gasteiger partial charge in [-0.15, -0.1) is 0 Å². The molecule has 0 bridgehead atoms. The van der Waals surface area contributed by atoms with Crippen molar-refractivity contribution in [2.75, 3.05) is 17.7 Å². The molecule has 1 aromatic heterocycles. The average Bonchev–Trinajstić information content (AvgIpc) is 3.09. The quantitative estimate of drug-likeness (QED) is 0.437. The highest BCUT2D eigenvalue weighted by Gasteiger charge is 2.31. The van der Waals surface area contributed by atoms with Gasteiger partial charge in [0.05, 0.1) is 28.7 Å². The summed E-state index contributed by atoms with van der Waals surface area (Å²) >= 11 is 0. The van der Waals surface area contributed by atoms with Crippen molar-refractivity contribution in [1.82, 2.24) is 9.97 Å². The maximum atomic E-state index is 13.4. The van der Waals surface area contributed by atoms with Gasteiger partial charge in [0, 0.05) is 0 Å². The number of aromatic hydroxyl groups is 1. The van der Waals surface area contributed by atoms with Gasteiger partial charge in [0.25, 0.3) is 0 Å². The van der Waals surface area contributed by atoms with Crippen molar-refractivity contribution in [3.8, 4) is 5.75 Å². The smallest absolute Gasteiger partial charge is 0.413 e. The Morgan fingerprint density at radius 3 is 2.63 bits per heavy atom. The number of carbonyl (C=O) groups excluding carboxylic acids is 1. The van der Waals surface area contributed by atoms with Crippen LogP contribution in [0.15, 0.2) is 41.3 Å². The molecule has 3 rings (SSSR count). The van der Waals surface area contributed by atoms with Crippen LogP contribution in [0, 0.1) is 12.8 Å². The Morgan fingerprint density at radius 2 is 1.97 bits per heavy atom. The number of aryl methyl sites for hydroxylation is 1. The summed E-state index contributed by atoms with van der Waals surface area (Å²) in [6.07, 6.45) is -0.691. The lowest BCUT2D eigenvalue weighted by Crippen LogP contribution is -2.34. The molecule has 30 heavy (non-hydrogen) atoms. The molecule has 1 atom stereocenters. The number of aromatic amines is 1. The average molecular weight is 433 g/mol. The molecule has 3 aromatic rings. The number of methoxy groups -OCH3 is 1. The van der Waals surface area contributed by atoms with Gasteiger partial charge in [-0.1, -0.05) is 26.0 Å². The Labute approximate surface area is 174 Å². The maximum absolute atomic E-state index is 13.4. The number of carbonyl (C=O) groups is 1. The fraction of sp³-hybridized carbons (Fsp3) is 0.300. The zero-order valence-corrected chi connectivity index (χ0v) is 17.9. The second kappa shape index (κ2) is 8.23. The summed E-state index contributed by atoms with van der Waals surface area (Å²) in [4.78, 5) is 18.5. The van der Waals surface area contributed by atoms with Crippen molar-refractivity contribution in [2.24, 2.45) is 5.92 Å². The number of aromatic nitrogens is 2. The summed E-state index contributed by atoms with van der Waals surface area (Å²) in [5.74, 6) is -0.126. The lowest BCUT2D eigenvalue weighted by Gasteiger charge is -2.24. The molecule has 0 aliphatic carbocycles. The van der Waals surface area contributed by atoms with E-state index < -0.39 is 21.3 Å². The molecule has 9 nitrogen and oxygen atoms in total. The van der Waals surface area contributed by atoms with Crippen LogP contribution in [0.2, 0.25) is 0 Å². The number of sulfone groups is 1. The number of hydrogen-bond donors (Lipinski definition) is 4. The monoisotopic (exact) mass is 432 g/mol. The Morgan fingerprint density at radius 1 is 1.23 bits per heavy atom. The molecule has 1 amide bonds. The van der Waals surface area contributed by atoms with E-state index in [4.69, 9.17) is 0 Å². The van der Waals surface area contributed by atoms with Crippen molar-refractivity contribution >= 4 is 38.6 Å². The summed E-state index contributed by atoms with van der Waals surface area (Å²) in [5, 5.41) is 14.7. The molecule has 1 heterocycles. The van der Waals surface area contributed by atoms with Gasteiger partial charge >= 0.3 is 6.09 Å². The summed E-state index contributed by atoms with van der Waals surface area (Å²) in [5.41, 5.74) is 1.93. The molecule has 0 fully saturated rings. The SMILES string of the molecule is COC(=O)Nc1nc2ccc(S(=O)(=O)[C@H](Nc3cccc(C)c3O)C(C)C)cc2[nH]1. The molecule has 2 aromatic carbocycles. The molecule has 0 aliphatic heterocycles. The molecule has 0 saturated heterocycles. The fourth-order valence-electron chi connectivity index (χ4n) is 3.05. The van der Waals surface area contributed by atoms with Crippen molar-refractivity contribution in [3.05, 3.63) is 42.0 Å². The van der Waals surface area contributed by atoms with E-state index in [9.17, 15) is 18.3 Å². The highest BCUT2D eigenvalue weighted by atomic mass is 32.2. The zero-order valence-electron chi connectivity index (χ0n) is 17.1. The Kier molecular flexibility index (Phi) is 5.88. The summed E-state index contributed by atoms with van der Waals surface area (Å²) < 4.78 is 31.3. The van der Waals surface area contributed by atoms with Crippen LogP contribution < -0.4 is 10.6 Å². The third kappa shape index (κ3) is 4.18. The van der Waals surface area contributed by atoms with Gasteiger partial charge < -0.3 is 20.1 Å². The first-order valence-corrected chi connectivity index (χ1v) is 10.8. The minimum Gasteiger partial charge on any atom is -0.506 e. The lowest BCUT2D eigenvalue weighted by atomic mass is 10.1. The number of rotatable bonds is 6. The van der Waals surface area contributed by atoms with Gasteiger partial charge in [0.2, 0.25) is 5.95 Å². The van der Waals surface area contributed by atoms with Crippen LogP contribution in [0.25, 0.3) is 11.0 Å². The number of H-pyrrole nitrogens is 1. The predicted octanol–water partition coefficient (Wildman–Crippen LogP) is 3.62. The first-order valence-electron chi connectivity index (χ1n) is 9.27. The van der Waals surface area contributed by atoms with Crippen molar-refractivity contribution in [2.45, 2.75) is 31.0 Å². The van der Waals surface area contributed by atoms with Gasteiger partial charge in [-0.3, -0.25) is 5.32 Å². The molecule has 4 N–H and O–H groups in total. The number of amides is 1. The largest absolute Gasteiger partial charge is 0.506 e.